The van der Waals surface area contributed by atoms with E-state index in [9.17, 15) is 4.79 Å². The molecular formula is C14H14ClN3OS2. The minimum atomic E-state index is -0.289. The average molecular weight is 340 g/mol. The molecule has 1 unspecified atom stereocenters. The number of thiocarbonyl (C=S) groups is 1. The van der Waals surface area contributed by atoms with Crippen LogP contribution in [0.4, 0.5) is 0 Å². The van der Waals surface area contributed by atoms with Crippen LogP contribution in [0, 0.1) is 0 Å². The standard InChI is InChI=1S/C14H14ClN3OS2/c1-9(10-5-3-2-4-6-10)18(14(16)20)17-13(19)11-7-8-12(15)21-11/h2-9H,1H3,(H2,16,20)(H,17,19). The molecule has 7 heteroatoms. The Morgan fingerprint density at radius 3 is 2.52 bits per heavy atom. The van der Waals surface area contributed by atoms with Gasteiger partial charge in [-0.1, -0.05) is 41.9 Å². The van der Waals surface area contributed by atoms with E-state index in [4.69, 9.17) is 29.6 Å². The first-order chi connectivity index (χ1) is 9.99. The second kappa shape index (κ2) is 6.89. The molecule has 0 spiro atoms. The Labute approximate surface area is 137 Å². The maximum atomic E-state index is 12.2. The number of nitrogens with two attached hydrogens (primary N) is 1. The first kappa shape index (κ1) is 15.8. The van der Waals surface area contributed by atoms with Crippen molar-refractivity contribution in [1.29, 1.82) is 0 Å². The molecule has 1 aromatic carbocycles. The van der Waals surface area contributed by atoms with Gasteiger partial charge in [-0.05, 0) is 36.8 Å². The van der Waals surface area contributed by atoms with E-state index in [1.807, 2.05) is 37.3 Å². The summed E-state index contributed by atoms with van der Waals surface area (Å²) in [7, 11) is 0. The molecule has 0 bridgehead atoms. The van der Waals surface area contributed by atoms with Crippen LogP contribution in [0.5, 0.6) is 0 Å². The third-order valence-corrected chi connectivity index (χ3v) is 4.35. The van der Waals surface area contributed by atoms with Crippen LogP contribution < -0.4 is 11.2 Å². The maximum Gasteiger partial charge on any atom is 0.279 e. The van der Waals surface area contributed by atoms with E-state index in [1.54, 1.807) is 12.1 Å². The van der Waals surface area contributed by atoms with Gasteiger partial charge in [0.25, 0.3) is 5.91 Å². The molecule has 0 radical (unpaired) electrons. The zero-order valence-corrected chi connectivity index (χ0v) is 13.6. The Morgan fingerprint density at radius 1 is 1.33 bits per heavy atom. The minimum absolute atomic E-state index is 0.0994. The first-order valence-corrected chi connectivity index (χ1v) is 7.79. The molecule has 1 heterocycles. The summed E-state index contributed by atoms with van der Waals surface area (Å²) < 4.78 is 0.554. The zero-order valence-electron chi connectivity index (χ0n) is 11.2. The lowest BCUT2D eigenvalue weighted by Gasteiger charge is -2.29. The number of hydrazine groups is 1. The Balaban J connectivity index is 2.16. The topological polar surface area (TPSA) is 58.4 Å². The molecule has 0 aliphatic rings. The molecule has 0 aliphatic carbocycles. The molecule has 0 saturated carbocycles. The van der Waals surface area contributed by atoms with Gasteiger partial charge in [0.05, 0.1) is 15.3 Å². The van der Waals surface area contributed by atoms with Gasteiger partial charge in [-0.15, -0.1) is 11.3 Å². The summed E-state index contributed by atoms with van der Waals surface area (Å²) in [6, 6.07) is 12.8. The van der Waals surface area contributed by atoms with Crippen molar-refractivity contribution in [2.45, 2.75) is 13.0 Å². The van der Waals surface area contributed by atoms with Gasteiger partial charge < -0.3 is 5.73 Å². The molecule has 3 N–H and O–H groups in total. The van der Waals surface area contributed by atoms with Gasteiger partial charge in [0.15, 0.2) is 5.11 Å². The summed E-state index contributed by atoms with van der Waals surface area (Å²) >= 11 is 12.1. The fraction of sp³-hybridized carbons (Fsp3) is 0.143. The quantitative estimate of drug-likeness (QED) is 0.665. The summed E-state index contributed by atoms with van der Waals surface area (Å²) in [4.78, 5) is 12.7. The fourth-order valence-electron chi connectivity index (χ4n) is 1.82. The highest BCUT2D eigenvalue weighted by molar-refractivity contribution is 7.80. The molecule has 4 nitrogen and oxygen atoms in total. The molecule has 1 amide bonds. The predicted octanol–water partition coefficient (Wildman–Crippen LogP) is 3.35. The van der Waals surface area contributed by atoms with E-state index >= 15 is 0 Å². The van der Waals surface area contributed by atoms with Crippen LogP contribution in [0.1, 0.15) is 28.2 Å². The lowest BCUT2D eigenvalue weighted by Crippen LogP contribution is -2.49. The van der Waals surface area contributed by atoms with Crippen LogP contribution in [0.3, 0.4) is 0 Å². The molecule has 2 aromatic rings. The van der Waals surface area contributed by atoms with Gasteiger partial charge in [-0.25, -0.2) is 0 Å². The lowest BCUT2D eigenvalue weighted by atomic mass is 10.1. The van der Waals surface area contributed by atoms with Crippen LogP contribution in [-0.2, 0) is 0 Å². The van der Waals surface area contributed by atoms with Crippen molar-refractivity contribution < 1.29 is 4.79 Å². The number of rotatable bonds is 3. The molecule has 0 saturated heterocycles. The molecule has 0 aliphatic heterocycles. The van der Waals surface area contributed by atoms with E-state index in [-0.39, 0.29) is 17.1 Å². The lowest BCUT2D eigenvalue weighted by molar-refractivity contribution is 0.0845. The Hall–Kier alpha value is -1.63. The molecule has 21 heavy (non-hydrogen) atoms. The maximum absolute atomic E-state index is 12.2. The second-order valence-corrected chi connectivity index (χ2v) is 6.47. The number of nitrogens with zero attached hydrogens (tertiary/aromatic N) is 1. The normalized spacial score (nSPS) is 11.7. The third kappa shape index (κ3) is 3.93. The number of carbonyl (C=O) groups excluding carboxylic acids is 1. The van der Waals surface area contributed by atoms with Crippen molar-refractivity contribution in [1.82, 2.24) is 10.4 Å². The van der Waals surface area contributed by atoms with Gasteiger partial charge >= 0.3 is 0 Å². The molecule has 2 rings (SSSR count). The highest BCUT2D eigenvalue weighted by atomic mass is 35.5. The second-order valence-electron chi connectivity index (χ2n) is 4.34. The molecule has 1 aromatic heterocycles. The monoisotopic (exact) mass is 339 g/mol. The summed E-state index contributed by atoms with van der Waals surface area (Å²) in [5.41, 5.74) is 9.45. The molecular weight excluding hydrogens is 326 g/mol. The summed E-state index contributed by atoms with van der Waals surface area (Å²) in [5, 5.41) is 1.57. The number of thiophene rings is 1. The van der Waals surface area contributed by atoms with Crippen molar-refractivity contribution >= 4 is 46.2 Å². The molecule has 0 fully saturated rings. The number of hydrogen-bond donors (Lipinski definition) is 2. The highest BCUT2D eigenvalue weighted by Crippen LogP contribution is 2.22. The number of halogens is 1. The Bertz CT molecular complexity index is 645. The van der Waals surface area contributed by atoms with Crippen molar-refractivity contribution in [3.05, 3.63) is 57.2 Å². The highest BCUT2D eigenvalue weighted by Gasteiger charge is 2.20. The summed E-state index contributed by atoms with van der Waals surface area (Å²) in [5.74, 6) is -0.289. The third-order valence-electron chi connectivity index (χ3n) is 2.93. The van der Waals surface area contributed by atoms with Crippen molar-refractivity contribution in [2.24, 2.45) is 5.73 Å². The SMILES string of the molecule is CC(c1ccccc1)N(NC(=O)c1ccc(Cl)s1)C(N)=S. The predicted molar refractivity (Wildman–Crippen MR) is 90.3 cm³/mol. The largest absolute Gasteiger partial charge is 0.375 e. The van der Waals surface area contributed by atoms with Crippen LogP contribution in [0.2, 0.25) is 4.34 Å². The van der Waals surface area contributed by atoms with E-state index in [0.29, 0.717) is 9.21 Å². The first-order valence-electron chi connectivity index (χ1n) is 6.19. The minimum Gasteiger partial charge on any atom is -0.375 e. The van der Waals surface area contributed by atoms with Crippen molar-refractivity contribution in [2.75, 3.05) is 0 Å². The average Bonchev–Trinajstić information content (AvgIpc) is 2.91. The smallest absolute Gasteiger partial charge is 0.279 e. The van der Waals surface area contributed by atoms with E-state index in [2.05, 4.69) is 5.43 Å². The zero-order chi connectivity index (χ0) is 15.4. The van der Waals surface area contributed by atoms with Crippen LogP contribution in [0.15, 0.2) is 42.5 Å². The fourth-order valence-corrected chi connectivity index (χ4v) is 2.96. The Morgan fingerprint density at radius 2 is 2.00 bits per heavy atom. The summed E-state index contributed by atoms with van der Waals surface area (Å²) in [6.07, 6.45) is 0. The van der Waals surface area contributed by atoms with Gasteiger partial charge in [0.2, 0.25) is 0 Å². The van der Waals surface area contributed by atoms with Gasteiger partial charge in [0, 0.05) is 0 Å². The number of carbonyl (C=O) groups is 1. The van der Waals surface area contributed by atoms with Crippen molar-refractivity contribution in [3.8, 4) is 0 Å². The number of hydrogen-bond acceptors (Lipinski definition) is 3. The van der Waals surface area contributed by atoms with Gasteiger partial charge in [-0.3, -0.25) is 15.2 Å². The van der Waals surface area contributed by atoms with E-state index in [1.165, 1.54) is 16.3 Å². The van der Waals surface area contributed by atoms with Crippen molar-refractivity contribution in [3.63, 3.8) is 0 Å². The van der Waals surface area contributed by atoms with Gasteiger partial charge in [-0.2, -0.15) is 0 Å². The van der Waals surface area contributed by atoms with E-state index in [0.717, 1.165) is 5.56 Å². The number of amides is 1. The van der Waals surface area contributed by atoms with E-state index < -0.39 is 0 Å². The van der Waals surface area contributed by atoms with Crippen LogP contribution >= 0.6 is 35.2 Å². The number of nitrogens with one attached hydrogen (secondary N) is 1. The number of benzene rings is 1. The Kier molecular flexibility index (Phi) is 5.17. The molecule has 110 valence electrons. The summed E-state index contributed by atoms with van der Waals surface area (Å²) in [6.45, 7) is 1.91. The van der Waals surface area contributed by atoms with Gasteiger partial charge in [0.1, 0.15) is 0 Å². The van der Waals surface area contributed by atoms with Crippen LogP contribution in [-0.4, -0.2) is 16.0 Å². The van der Waals surface area contributed by atoms with Crippen LogP contribution in [0.25, 0.3) is 0 Å². The molecule has 1 atom stereocenters.